The summed E-state index contributed by atoms with van der Waals surface area (Å²) < 4.78 is 0. The summed E-state index contributed by atoms with van der Waals surface area (Å²) in [5, 5.41) is 3.07. The molecule has 0 heterocycles. The highest BCUT2D eigenvalue weighted by Gasteiger charge is 2.14. The van der Waals surface area contributed by atoms with Crippen LogP contribution in [0.4, 0.5) is 0 Å². The van der Waals surface area contributed by atoms with Crippen LogP contribution in [0.2, 0.25) is 0 Å². The van der Waals surface area contributed by atoms with Crippen molar-refractivity contribution in [3.8, 4) is 0 Å². The van der Waals surface area contributed by atoms with Crippen molar-refractivity contribution in [2.24, 2.45) is 16.8 Å². The lowest BCUT2D eigenvalue weighted by Gasteiger charge is -2.09. The van der Waals surface area contributed by atoms with E-state index in [1.165, 1.54) is 25.7 Å². The van der Waals surface area contributed by atoms with Crippen molar-refractivity contribution in [2.45, 2.75) is 32.6 Å². The second-order valence-electron chi connectivity index (χ2n) is 3.51. The summed E-state index contributed by atoms with van der Waals surface area (Å²) in [4.78, 5) is 4.38. The van der Waals surface area contributed by atoms with E-state index in [-0.39, 0.29) is 0 Å². The van der Waals surface area contributed by atoms with Crippen LogP contribution in [0.5, 0.6) is 0 Å². The number of hydrogen-bond donors (Lipinski definition) is 3. The van der Waals surface area contributed by atoms with Gasteiger partial charge in [-0.3, -0.25) is 10.4 Å². The SMILES string of the molecule is CCNC(=NCC1CCCC1)NN. The number of nitrogens with zero attached hydrogens (tertiary/aromatic N) is 1. The van der Waals surface area contributed by atoms with Gasteiger partial charge in [0.2, 0.25) is 5.96 Å². The highest BCUT2D eigenvalue weighted by Crippen LogP contribution is 2.24. The lowest BCUT2D eigenvalue weighted by atomic mass is 10.1. The molecule has 0 aliphatic heterocycles. The second-order valence-corrected chi connectivity index (χ2v) is 3.51. The highest BCUT2D eigenvalue weighted by atomic mass is 15.3. The third-order valence-electron chi connectivity index (χ3n) is 2.46. The number of hydrogen-bond acceptors (Lipinski definition) is 2. The Morgan fingerprint density at radius 3 is 2.69 bits per heavy atom. The molecule has 0 aromatic carbocycles. The number of rotatable bonds is 3. The summed E-state index contributed by atoms with van der Waals surface area (Å²) in [6.45, 7) is 3.79. The average molecular weight is 184 g/mol. The van der Waals surface area contributed by atoms with Gasteiger partial charge in [0.1, 0.15) is 0 Å². The van der Waals surface area contributed by atoms with Gasteiger partial charge in [-0.15, -0.1) is 0 Å². The first-order chi connectivity index (χ1) is 6.36. The molecule has 1 rings (SSSR count). The molecule has 1 aliphatic rings. The van der Waals surface area contributed by atoms with Gasteiger partial charge in [0.05, 0.1) is 0 Å². The van der Waals surface area contributed by atoms with Gasteiger partial charge in [-0.25, -0.2) is 5.84 Å². The fraction of sp³-hybridized carbons (Fsp3) is 0.889. The van der Waals surface area contributed by atoms with Crippen molar-refractivity contribution in [3.63, 3.8) is 0 Å². The summed E-state index contributed by atoms with van der Waals surface area (Å²) in [6, 6.07) is 0. The quantitative estimate of drug-likeness (QED) is 0.260. The van der Waals surface area contributed by atoms with E-state index < -0.39 is 0 Å². The lowest BCUT2D eigenvalue weighted by molar-refractivity contribution is 0.560. The Labute approximate surface area is 80.0 Å². The first-order valence-corrected chi connectivity index (χ1v) is 5.11. The zero-order valence-electron chi connectivity index (χ0n) is 8.34. The normalized spacial score (nSPS) is 19.1. The molecule has 0 saturated heterocycles. The Kier molecular flexibility index (Phi) is 4.60. The van der Waals surface area contributed by atoms with Gasteiger partial charge < -0.3 is 5.32 Å². The van der Waals surface area contributed by atoms with E-state index >= 15 is 0 Å². The molecule has 1 saturated carbocycles. The molecule has 4 nitrogen and oxygen atoms in total. The summed E-state index contributed by atoms with van der Waals surface area (Å²) in [5.41, 5.74) is 2.57. The Morgan fingerprint density at radius 1 is 1.46 bits per heavy atom. The van der Waals surface area contributed by atoms with E-state index in [0.717, 1.165) is 25.0 Å². The molecule has 0 radical (unpaired) electrons. The molecule has 1 aliphatic carbocycles. The van der Waals surface area contributed by atoms with Crippen molar-refractivity contribution < 1.29 is 0 Å². The fourth-order valence-corrected chi connectivity index (χ4v) is 1.73. The topological polar surface area (TPSA) is 62.4 Å². The van der Waals surface area contributed by atoms with Crippen molar-refractivity contribution in [3.05, 3.63) is 0 Å². The molecule has 0 unspecified atom stereocenters. The maximum Gasteiger partial charge on any atom is 0.205 e. The molecule has 1 fully saturated rings. The van der Waals surface area contributed by atoms with E-state index in [1.54, 1.807) is 0 Å². The summed E-state index contributed by atoms with van der Waals surface area (Å²) in [6.07, 6.45) is 5.39. The van der Waals surface area contributed by atoms with Gasteiger partial charge in [0, 0.05) is 13.1 Å². The molecule has 0 aromatic rings. The maximum absolute atomic E-state index is 5.30. The van der Waals surface area contributed by atoms with Crippen molar-refractivity contribution in [2.75, 3.05) is 13.1 Å². The minimum atomic E-state index is 0.717. The van der Waals surface area contributed by atoms with Crippen LogP contribution in [0.25, 0.3) is 0 Å². The van der Waals surface area contributed by atoms with E-state index in [0.29, 0.717) is 0 Å². The molecule has 4 N–H and O–H groups in total. The van der Waals surface area contributed by atoms with Crippen LogP contribution in [-0.4, -0.2) is 19.0 Å². The number of guanidine groups is 1. The number of hydrazine groups is 1. The Hall–Kier alpha value is -0.770. The summed E-state index contributed by atoms with van der Waals surface area (Å²) in [7, 11) is 0. The monoisotopic (exact) mass is 184 g/mol. The molecular formula is C9H20N4. The fourth-order valence-electron chi connectivity index (χ4n) is 1.73. The predicted octanol–water partition coefficient (Wildman–Crippen LogP) is 0.605. The molecular weight excluding hydrogens is 164 g/mol. The van der Waals surface area contributed by atoms with E-state index in [2.05, 4.69) is 15.7 Å². The third kappa shape index (κ3) is 3.63. The zero-order chi connectivity index (χ0) is 9.52. The van der Waals surface area contributed by atoms with E-state index in [9.17, 15) is 0 Å². The maximum atomic E-state index is 5.30. The van der Waals surface area contributed by atoms with Crippen LogP contribution >= 0.6 is 0 Å². The van der Waals surface area contributed by atoms with Crippen LogP contribution in [-0.2, 0) is 0 Å². The third-order valence-corrected chi connectivity index (χ3v) is 2.46. The van der Waals surface area contributed by atoms with Crippen molar-refractivity contribution >= 4 is 5.96 Å². The molecule has 0 amide bonds. The largest absolute Gasteiger partial charge is 0.356 e. The average Bonchev–Trinajstić information content (AvgIpc) is 2.64. The minimum Gasteiger partial charge on any atom is -0.356 e. The van der Waals surface area contributed by atoms with E-state index in [4.69, 9.17) is 5.84 Å². The first-order valence-electron chi connectivity index (χ1n) is 5.11. The number of nitrogens with two attached hydrogens (primary N) is 1. The molecule has 0 bridgehead atoms. The van der Waals surface area contributed by atoms with Gasteiger partial charge in [0.15, 0.2) is 0 Å². The van der Waals surface area contributed by atoms with Crippen LogP contribution in [0.15, 0.2) is 4.99 Å². The minimum absolute atomic E-state index is 0.717. The van der Waals surface area contributed by atoms with E-state index in [1.807, 2.05) is 6.92 Å². The lowest BCUT2D eigenvalue weighted by Crippen LogP contribution is -2.41. The highest BCUT2D eigenvalue weighted by molar-refractivity contribution is 5.79. The Bertz CT molecular complexity index is 161. The van der Waals surface area contributed by atoms with Crippen molar-refractivity contribution in [1.29, 1.82) is 0 Å². The van der Waals surface area contributed by atoms with Crippen molar-refractivity contribution in [1.82, 2.24) is 10.7 Å². The first kappa shape index (κ1) is 10.3. The van der Waals surface area contributed by atoms with Gasteiger partial charge in [-0.2, -0.15) is 0 Å². The molecule has 4 heteroatoms. The van der Waals surface area contributed by atoms with Gasteiger partial charge in [-0.05, 0) is 25.7 Å². The van der Waals surface area contributed by atoms with Crippen LogP contribution in [0, 0.1) is 5.92 Å². The van der Waals surface area contributed by atoms with Crippen LogP contribution < -0.4 is 16.6 Å². The summed E-state index contributed by atoms with van der Waals surface area (Å²) in [5.74, 6) is 6.80. The van der Waals surface area contributed by atoms with Gasteiger partial charge in [-0.1, -0.05) is 12.8 Å². The molecule has 0 aromatic heterocycles. The van der Waals surface area contributed by atoms with Gasteiger partial charge in [0.25, 0.3) is 0 Å². The Balaban J connectivity index is 2.25. The number of nitrogens with one attached hydrogen (secondary N) is 2. The second kappa shape index (κ2) is 5.80. The zero-order valence-corrected chi connectivity index (χ0v) is 8.34. The van der Waals surface area contributed by atoms with Crippen LogP contribution in [0.3, 0.4) is 0 Å². The standard InChI is InChI=1S/C9H20N4/c1-2-11-9(13-10)12-7-8-5-3-4-6-8/h8H,2-7,10H2,1H3,(H2,11,12,13). The smallest absolute Gasteiger partial charge is 0.205 e. The number of aliphatic imine (C=N–C) groups is 1. The molecule has 0 atom stereocenters. The van der Waals surface area contributed by atoms with Gasteiger partial charge >= 0.3 is 0 Å². The predicted molar refractivity (Wildman–Crippen MR) is 55.3 cm³/mol. The molecule has 13 heavy (non-hydrogen) atoms. The summed E-state index contributed by atoms with van der Waals surface area (Å²) >= 11 is 0. The molecule has 76 valence electrons. The Morgan fingerprint density at radius 2 is 2.15 bits per heavy atom. The van der Waals surface area contributed by atoms with Crippen LogP contribution in [0.1, 0.15) is 32.6 Å². The molecule has 0 spiro atoms.